The van der Waals surface area contributed by atoms with E-state index < -0.39 is 38.2 Å². The first-order valence-corrected chi connectivity index (χ1v) is 13.4. The lowest BCUT2D eigenvalue weighted by Gasteiger charge is -2.28. The molecule has 36 heavy (non-hydrogen) atoms. The quantitative estimate of drug-likeness (QED) is 0.450. The largest absolute Gasteiger partial charge is 0.350 e. The molecule has 3 aromatic rings. The van der Waals surface area contributed by atoms with Crippen molar-refractivity contribution >= 4 is 26.8 Å². The van der Waals surface area contributed by atoms with Gasteiger partial charge >= 0.3 is 0 Å². The molecule has 1 aliphatic rings. The maximum absolute atomic E-state index is 15.0. The molecule has 1 unspecified atom stereocenters. The number of hydrogen-bond donors (Lipinski definition) is 1. The van der Waals surface area contributed by atoms with Crippen molar-refractivity contribution in [1.82, 2.24) is 20.0 Å². The lowest BCUT2D eigenvalue weighted by Crippen LogP contribution is -2.51. The van der Waals surface area contributed by atoms with Crippen molar-refractivity contribution in [3.63, 3.8) is 0 Å². The Morgan fingerprint density at radius 3 is 2.69 bits per heavy atom. The summed E-state index contributed by atoms with van der Waals surface area (Å²) in [6, 6.07) is 6.08. The van der Waals surface area contributed by atoms with Crippen LogP contribution in [0.4, 0.5) is 4.39 Å². The van der Waals surface area contributed by atoms with E-state index in [0.717, 1.165) is 35.9 Å². The number of carbonyl (C=O) groups is 1. The number of aromatic nitrogens is 3. The average Bonchev–Trinajstić information content (AvgIpc) is 2.87. The Morgan fingerprint density at radius 1 is 1.25 bits per heavy atom. The fourth-order valence-corrected chi connectivity index (χ4v) is 4.75. The van der Waals surface area contributed by atoms with Gasteiger partial charge in [0, 0.05) is 56.0 Å². The fourth-order valence-electron chi connectivity index (χ4n) is 3.90. The third-order valence-corrected chi connectivity index (χ3v) is 8.43. The van der Waals surface area contributed by atoms with Crippen LogP contribution >= 0.6 is 0 Å². The van der Waals surface area contributed by atoms with E-state index in [2.05, 4.69) is 15.4 Å². The highest BCUT2D eigenvalue weighted by atomic mass is 32.2. The predicted octanol–water partition coefficient (Wildman–Crippen LogP) is 2.37. The summed E-state index contributed by atoms with van der Waals surface area (Å²) in [4.78, 5) is 39.2. The van der Waals surface area contributed by atoms with E-state index in [9.17, 15) is 18.0 Å². The number of fused-ring (bicyclic) bond motifs is 1. The van der Waals surface area contributed by atoms with Crippen LogP contribution < -0.4 is 11.0 Å². The Labute approximate surface area is 207 Å². The van der Waals surface area contributed by atoms with Gasteiger partial charge in [0.1, 0.15) is 5.82 Å². The summed E-state index contributed by atoms with van der Waals surface area (Å²) >= 11 is 0. The van der Waals surface area contributed by atoms with Gasteiger partial charge < -0.3 is 9.30 Å². The van der Waals surface area contributed by atoms with E-state index in [-0.39, 0.29) is 18.5 Å². The van der Waals surface area contributed by atoms with Gasteiger partial charge in [-0.2, -0.15) is 0 Å². The number of hydroxylamine groups is 1. The number of amides is 1. The summed E-state index contributed by atoms with van der Waals surface area (Å²) in [5, 5.41) is 0. The van der Waals surface area contributed by atoms with Gasteiger partial charge in [-0.3, -0.25) is 19.6 Å². The molecule has 12 heteroatoms. The van der Waals surface area contributed by atoms with Gasteiger partial charge in [0.2, 0.25) is 0 Å². The minimum Gasteiger partial charge on any atom is -0.350 e. The predicted molar refractivity (Wildman–Crippen MR) is 130 cm³/mol. The van der Waals surface area contributed by atoms with Crippen LogP contribution in [0, 0.1) is 5.82 Å². The van der Waals surface area contributed by atoms with Gasteiger partial charge in [-0.15, -0.1) is 0 Å². The van der Waals surface area contributed by atoms with Gasteiger partial charge in [0.05, 0.1) is 11.0 Å². The Balaban J connectivity index is 1.52. The number of hydrogen-bond acceptors (Lipinski definition) is 8. The third kappa shape index (κ3) is 5.45. The van der Waals surface area contributed by atoms with Gasteiger partial charge in [-0.1, -0.05) is 6.07 Å². The van der Waals surface area contributed by atoms with Gasteiger partial charge in [0.15, 0.2) is 20.9 Å². The number of halogens is 1. The Hall–Kier alpha value is -3.22. The first-order valence-electron chi connectivity index (χ1n) is 11.5. The summed E-state index contributed by atoms with van der Waals surface area (Å²) in [5.41, 5.74) is 3.35. The topological polar surface area (TPSA) is 129 Å². The third-order valence-electron chi connectivity index (χ3n) is 6.41. The van der Waals surface area contributed by atoms with Crippen LogP contribution in [0.2, 0.25) is 0 Å². The normalized spacial score (nSPS) is 18.0. The van der Waals surface area contributed by atoms with Crippen molar-refractivity contribution in [3.05, 3.63) is 59.0 Å². The number of ether oxygens (including phenoxy) is 1. The number of carbonyl (C=O) groups excluding carboxylic acids is 1. The summed E-state index contributed by atoms with van der Waals surface area (Å²) in [5.74, 6) is -1.57. The number of nitrogens with one attached hydrogen (secondary N) is 1. The van der Waals surface area contributed by atoms with E-state index >= 15 is 4.39 Å². The highest BCUT2D eigenvalue weighted by molar-refractivity contribution is 7.92. The monoisotopic (exact) mass is 518 g/mol. The molecule has 0 radical (unpaired) electrons. The van der Waals surface area contributed by atoms with Crippen LogP contribution in [0.5, 0.6) is 0 Å². The summed E-state index contributed by atoms with van der Waals surface area (Å²) in [7, 11) is -3.94. The standard InChI is InChI=1S/C24H27FN4O6S/c1-24(36(2,32)33,23(31)28-35-22-5-3-4-12-34-22)8-11-29-15-18(25)17(14-21(29)30)16-6-7-19-20(13-16)27-10-9-26-19/h6-7,9-10,13-15,22H,3-5,8,11-12H2,1-2H3,(H,28,31)/t22?,24-/m1/s1. The van der Waals surface area contributed by atoms with Crippen molar-refractivity contribution in [2.45, 2.75) is 50.2 Å². The molecule has 1 saturated heterocycles. The summed E-state index contributed by atoms with van der Waals surface area (Å²) in [6.07, 6.45) is 6.38. The molecule has 2 atom stereocenters. The van der Waals surface area contributed by atoms with Crippen molar-refractivity contribution < 1.29 is 27.2 Å². The minimum absolute atomic E-state index is 0.0771. The molecule has 0 saturated carbocycles. The number of sulfone groups is 1. The molecule has 0 spiro atoms. The first kappa shape index (κ1) is 25.9. The van der Waals surface area contributed by atoms with Crippen LogP contribution in [0.15, 0.2) is 47.7 Å². The molecule has 3 heterocycles. The van der Waals surface area contributed by atoms with Crippen LogP contribution in [0.3, 0.4) is 0 Å². The molecule has 2 aromatic heterocycles. The number of aryl methyl sites for hydroxylation is 1. The smallest absolute Gasteiger partial charge is 0.264 e. The molecule has 4 rings (SSSR count). The molecule has 1 amide bonds. The zero-order valence-electron chi connectivity index (χ0n) is 19.9. The zero-order valence-corrected chi connectivity index (χ0v) is 20.8. The maximum atomic E-state index is 15.0. The molecule has 1 aliphatic heterocycles. The molecular formula is C24H27FN4O6S. The SMILES string of the molecule is C[C@@](CCn1cc(F)c(-c2ccc3nccnc3c2)cc1=O)(C(=O)NOC1CCCCO1)S(C)(=O)=O. The molecule has 192 valence electrons. The van der Waals surface area contributed by atoms with Gasteiger partial charge in [-0.25, -0.2) is 23.1 Å². The van der Waals surface area contributed by atoms with E-state index in [1.54, 1.807) is 24.4 Å². The lowest BCUT2D eigenvalue weighted by molar-refractivity contribution is -0.201. The molecule has 1 N–H and O–H groups in total. The second-order valence-corrected chi connectivity index (χ2v) is 11.4. The van der Waals surface area contributed by atoms with Crippen LogP contribution in [0.25, 0.3) is 22.2 Å². The van der Waals surface area contributed by atoms with E-state index in [1.165, 1.54) is 13.1 Å². The van der Waals surface area contributed by atoms with Crippen molar-refractivity contribution in [1.29, 1.82) is 0 Å². The van der Waals surface area contributed by atoms with Crippen molar-refractivity contribution in [3.8, 4) is 11.1 Å². The lowest BCUT2D eigenvalue weighted by atomic mass is 10.0. The zero-order chi connectivity index (χ0) is 25.9. The number of rotatable bonds is 8. The number of benzene rings is 1. The van der Waals surface area contributed by atoms with E-state index in [0.29, 0.717) is 29.6 Å². The van der Waals surface area contributed by atoms with Gasteiger partial charge in [0.25, 0.3) is 11.5 Å². The van der Waals surface area contributed by atoms with Gasteiger partial charge in [-0.05, 0) is 43.9 Å². The fraction of sp³-hybridized carbons (Fsp3) is 0.417. The molecular weight excluding hydrogens is 491 g/mol. The first-order chi connectivity index (χ1) is 17.1. The second kappa shape index (κ2) is 10.4. The van der Waals surface area contributed by atoms with Crippen LogP contribution in [0.1, 0.15) is 32.6 Å². The highest BCUT2D eigenvalue weighted by Gasteiger charge is 2.44. The minimum atomic E-state index is -3.94. The Morgan fingerprint density at radius 2 is 2.00 bits per heavy atom. The highest BCUT2D eigenvalue weighted by Crippen LogP contribution is 2.26. The molecule has 1 fully saturated rings. The van der Waals surface area contributed by atoms with Crippen LogP contribution in [-0.4, -0.2) is 52.8 Å². The summed E-state index contributed by atoms with van der Waals surface area (Å²) in [6.45, 7) is 1.52. The van der Waals surface area contributed by atoms with Crippen molar-refractivity contribution in [2.24, 2.45) is 0 Å². The average molecular weight is 519 g/mol. The Bertz CT molecular complexity index is 1440. The summed E-state index contributed by atoms with van der Waals surface area (Å²) < 4.78 is 44.6. The second-order valence-electron chi connectivity index (χ2n) is 8.92. The number of nitrogens with zero attached hydrogens (tertiary/aromatic N) is 3. The van der Waals surface area contributed by atoms with E-state index in [1.807, 2.05) is 0 Å². The van der Waals surface area contributed by atoms with E-state index in [4.69, 9.17) is 9.57 Å². The molecule has 0 aliphatic carbocycles. The van der Waals surface area contributed by atoms with Crippen molar-refractivity contribution in [2.75, 3.05) is 12.9 Å². The Kier molecular flexibility index (Phi) is 7.48. The molecule has 10 nitrogen and oxygen atoms in total. The maximum Gasteiger partial charge on any atom is 0.264 e. The molecule has 0 bridgehead atoms. The number of pyridine rings is 1. The molecule has 1 aromatic carbocycles. The van der Waals surface area contributed by atoms with Crippen LogP contribution in [-0.2, 0) is 30.8 Å².